The van der Waals surface area contributed by atoms with Crippen LogP contribution in [0.2, 0.25) is 0 Å². The molecule has 92 heavy (non-hydrogen) atoms. The van der Waals surface area contributed by atoms with E-state index in [1.165, 1.54) is 39.5 Å². The van der Waals surface area contributed by atoms with E-state index >= 15 is 31.9 Å². The number of hydrogen-bond donors (Lipinski definition) is 2. The smallest absolute Gasteiger partial charge is 0.301 e. The van der Waals surface area contributed by atoms with Gasteiger partial charge in [-0.25, -0.2) is 27.5 Å². The molecule has 0 aliphatic carbocycles. The van der Waals surface area contributed by atoms with E-state index in [0.29, 0.717) is 40.4 Å². The molecule has 6 aromatic heterocycles. The minimum absolute atomic E-state index is 0.00559. The van der Waals surface area contributed by atoms with Gasteiger partial charge in [-0.3, -0.25) is 38.3 Å². The summed E-state index contributed by atoms with van der Waals surface area (Å²) in [5.74, 6) is -1.16. The van der Waals surface area contributed by atoms with Gasteiger partial charge in [0.05, 0.1) is 68.6 Å². The Morgan fingerprint density at radius 2 is 1.24 bits per heavy atom. The predicted molar refractivity (Wildman–Crippen MR) is 345 cm³/mol. The largest absolute Gasteiger partial charge is 0.507 e. The lowest BCUT2D eigenvalue weighted by Gasteiger charge is -2.51. The van der Waals surface area contributed by atoms with Crippen LogP contribution in [0.25, 0.3) is 61.5 Å². The van der Waals surface area contributed by atoms with Crippen LogP contribution in [-0.4, -0.2) is 157 Å². The minimum Gasteiger partial charge on any atom is -0.507 e. The van der Waals surface area contributed by atoms with Gasteiger partial charge in [-0.2, -0.15) is 0 Å². The van der Waals surface area contributed by atoms with Crippen LogP contribution in [0, 0.1) is 49.0 Å². The maximum absolute atomic E-state index is 17.0. The van der Waals surface area contributed by atoms with Gasteiger partial charge in [0.15, 0.2) is 22.9 Å². The van der Waals surface area contributed by atoms with Gasteiger partial charge >= 0.3 is 5.56 Å². The highest BCUT2D eigenvalue weighted by atomic mass is 19.1. The van der Waals surface area contributed by atoms with Crippen LogP contribution in [0.5, 0.6) is 17.2 Å². The second kappa shape index (κ2) is 23.8. The monoisotopic (exact) mass is 1250 g/mol. The van der Waals surface area contributed by atoms with Crippen LogP contribution in [0.1, 0.15) is 88.5 Å². The number of fused-ring (bicyclic) bond motifs is 10. The van der Waals surface area contributed by atoms with Crippen LogP contribution < -0.4 is 30.6 Å². The molecule has 0 radical (unpaired) electrons. The van der Waals surface area contributed by atoms with Crippen molar-refractivity contribution < 1.29 is 42.1 Å². The number of carbonyl (C=O) groups excluding carboxylic acids is 2. The molecular formula is C69H70F4N12O7. The average molecular weight is 1260 g/mol. The molecule has 2 fully saturated rings. The molecule has 4 aliphatic rings. The number of hydrogen-bond acceptors (Lipinski definition) is 15. The molecule has 4 aliphatic heterocycles. The highest BCUT2D eigenvalue weighted by Gasteiger charge is 2.45. The number of halogens is 4. The molecule has 0 spiro atoms. The highest BCUT2D eigenvalue weighted by molar-refractivity contribution is 6.19. The number of pyridine rings is 6. The van der Waals surface area contributed by atoms with E-state index in [1.807, 2.05) is 77.3 Å². The van der Waals surface area contributed by atoms with Gasteiger partial charge in [0, 0.05) is 75.4 Å². The number of phenolic OH excluding ortho intramolecular Hbond substituents is 2. The van der Waals surface area contributed by atoms with Crippen LogP contribution in [0.4, 0.5) is 34.6 Å². The molecular weight excluding hydrogens is 1180 g/mol. The lowest BCUT2D eigenvalue weighted by molar-refractivity contribution is -0.128. The molecule has 2 aromatic carbocycles. The van der Waals surface area contributed by atoms with Crippen molar-refractivity contribution >= 4 is 56.5 Å². The Labute approximate surface area is 528 Å². The normalized spacial score (nSPS) is 18.1. The van der Waals surface area contributed by atoms with E-state index in [-0.39, 0.29) is 113 Å². The molecule has 4 atom stereocenters. The number of ether oxygens (including phenoxy) is 1. The van der Waals surface area contributed by atoms with E-state index in [2.05, 4.69) is 16.8 Å². The second-order valence-corrected chi connectivity index (χ2v) is 25.2. The summed E-state index contributed by atoms with van der Waals surface area (Å²) in [5, 5.41) is 22.4. The molecule has 2 N–H and O–H groups in total. The number of rotatable bonds is 10. The summed E-state index contributed by atoms with van der Waals surface area (Å²) in [7, 11) is 5.49. The number of aromatic hydroxyl groups is 2. The molecule has 2 saturated heterocycles. The molecule has 0 bridgehead atoms. The van der Waals surface area contributed by atoms with Crippen molar-refractivity contribution in [2.75, 3.05) is 81.7 Å². The Morgan fingerprint density at radius 3 is 1.82 bits per heavy atom. The summed E-state index contributed by atoms with van der Waals surface area (Å²) in [6, 6.07) is 11.1. The molecule has 10 heterocycles. The first-order chi connectivity index (χ1) is 43.8. The number of benzene rings is 2. The Kier molecular flexibility index (Phi) is 16.1. The van der Waals surface area contributed by atoms with Gasteiger partial charge in [0.25, 0.3) is 17.4 Å². The molecule has 8 aromatic rings. The van der Waals surface area contributed by atoms with Crippen molar-refractivity contribution in [2.45, 2.75) is 98.3 Å². The standard InChI is InChI=1S/C69H70F4N12O7/c1-13-16-52(88)80-32-41-33-92-64-62(83(41)28-38(80)8)44-27-48(73)58(54-46(71)18-15-20-51(54)87)77-66(44)85(69(64)91)60-37(7)25-49(75-56(60)35(4)5)42(22-24-78(10)11)67(89)81-31-40-30-79(12)63-61(82(40)29-39(81)9)43-26-47(72)57(53-45(70)17-14-19-50(53)86)76-65(43)84(68(63)90)59-36(6)21-23-74-55(59)34(2)3/h14-15,17-23,25-27,34-35,38-41,86-87H,24,28-33H2,1-12H3/b42-22+. The van der Waals surface area contributed by atoms with E-state index in [1.54, 1.807) is 60.0 Å². The first-order valence-corrected chi connectivity index (χ1v) is 30.6. The highest BCUT2D eigenvalue weighted by Crippen LogP contribution is 2.47. The van der Waals surface area contributed by atoms with Crippen LogP contribution in [-0.2, 0) is 9.59 Å². The zero-order valence-electron chi connectivity index (χ0n) is 53.2. The SMILES string of the molecule is CC#CC(=O)N1CC2COc3c(c4cc(F)c(-c5c(O)cccc5F)nc4n(-c4c(C)cc(/C(=C\CN(C)C)C(=O)N5CC6CN(C)c7c(c8cc(F)c(-c9c(O)cccc9F)nc8n(-c8c(C)ccnc8C(C)C)c7=O)N6CC5C)nc4C(C)C)c3=O)N2CC1C. The number of nitrogens with zero attached hydrogens (tertiary/aromatic N) is 12. The van der Waals surface area contributed by atoms with Gasteiger partial charge in [-0.1, -0.05) is 51.8 Å². The molecule has 2 amide bonds. The van der Waals surface area contributed by atoms with Crippen molar-refractivity contribution in [3.8, 4) is 63.0 Å². The summed E-state index contributed by atoms with van der Waals surface area (Å²) in [6.07, 6.45) is 3.44. The summed E-state index contributed by atoms with van der Waals surface area (Å²) in [6.45, 7) is 17.7. The molecule has 23 heteroatoms. The number of carbonyl (C=O) groups is 2. The van der Waals surface area contributed by atoms with Gasteiger partial charge in [-0.15, -0.1) is 0 Å². The number of anilines is 3. The summed E-state index contributed by atoms with van der Waals surface area (Å²) < 4.78 is 74.6. The van der Waals surface area contributed by atoms with E-state index in [0.717, 1.165) is 18.2 Å². The number of amides is 2. The van der Waals surface area contributed by atoms with Crippen LogP contribution >= 0.6 is 0 Å². The van der Waals surface area contributed by atoms with Gasteiger partial charge in [0.2, 0.25) is 5.75 Å². The van der Waals surface area contributed by atoms with Gasteiger partial charge in [-0.05, 0) is 126 Å². The van der Waals surface area contributed by atoms with Crippen molar-refractivity contribution in [3.63, 3.8) is 0 Å². The minimum atomic E-state index is -0.995. The summed E-state index contributed by atoms with van der Waals surface area (Å²) >= 11 is 0. The summed E-state index contributed by atoms with van der Waals surface area (Å²) in [5.41, 5.74) is 0.786. The number of piperazine rings is 2. The molecule has 4 unspecified atom stereocenters. The Morgan fingerprint density at radius 1 is 0.685 bits per heavy atom. The molecule has 476 valence electrons. The van der Waals surface area contributed by atoms with Crippen molar-refractivity contribution in [1.82, 2.24) is 43.8 Å². The summed E-state index contributed by atoms with van der Waals surface area (Å²) in [4.78, 5) is 90.7. The topological polar surface area (TPSA) is 199 Å². The quantitative estimate of drug-likeness (QED) is 0.0745. The number of aryl methyl sites for hydroxylation is 2. The fourth-order valence-corrected chi connectivity index (χ4v) is 13.6. The maximum atomic E-state index is 17.0. The van der Waals surface area contributed by atoms with E-state index in [4.69, 9.17) is 19.7 Å². The maximum Gasteiger partial charge on any atom is 0.301 e. The molecule has 19 nitrogen and oxygen atoms in total. The molecule has 12 rings (SSSR count). The number of phenols is 2. The zero-order valence-corrected chi connectivity index (χ0v) is 53.2. The number of likely N-dealkylation sites (N-methyl/N-ethyl adjacent to an activating group) is 2. The van der Waals surface area contributed by atoms with Crippen molar-refractivity contribution in [2.24, 2.45) is 0 Å². The fourth-order valence-electron chi connectivity index (χ4n) is 13.6. The Bertz CT molecular complexity index is 4610. The van der Waals surface area contributed by atoms with E-state index < -0.39 is 98.5 Å². The van der Waals surface area contributed by atoms with Crippen molar-refractivity contribution in [1.29, 1.82) is 0 Å². The second-order valence-electron chi connectivity index (χ2n) is 25.2. The van der Waals surface area contributed by atoms with Gasteiger partial charge in [0.1, 0.15) is 46.8 Å². The van der Waals surface area contributed by atoms with Crippen LogP contribution in [0.15, 0.2) is 82.5 Å². The fraction of sp³-hybridized carbons (Fsp3) is 0.362. The third-order valence-electron chi connectivity index (χ3n) is 17.9. The average Bonchev–Trinajstić information content (AvgIpc) is 0.718. The Balaban J connectivity index is 0.980. The third-order valence-corrected chi connectivity index (χ3v) is 17.9. The van der Waals surface area contributed by atoms with Crippen LogP contribution in [0.3, 0.4) is 0 Å². The van der Waals surface area contributed by atoms with Gasteiger partial charge < -0.3 is 44.3 Å². The first kappa shape index (κ1) is 62.4. The zero-order chi connectivity index (χ0) is 65.8. The lowest BCUT2D eigenvalue weighted by Crippen LogP contribution is -2.64. The molecule has 0 saturated carbocycles. The third kappa shape index (κ3) is 10.3. The predicted octanol–water partition coefficient (Wildman–Crippen LogP) is 9.36. The lowest BCUT2D eigenvalue weighted by atomic mass is 9.96. The van der Waals surface area contributed by atoms with E-state index in [9.17, 15) is 15.0 Å². The number of aromatic nitrogens is 6. The Hall–Kier alpha value is -9.82. The van der Waals surface area contributed by atoms with Crippen molar-refractivity contribution in [3.05, 3.63) is 145 Å². The first-order valence-electron chi connectivity index (χ1n) is 30.6.